The molecule has 0 amide bonds. The van der Waals surface area contributed by atoms with Crippen LogP contribution < -0.4 is 0 Å². The van der Waals surface area contributed by atoms with E-state index in [4.69, 9.17) is 5.48 Å². The largest absolute Gasteiger partial charge is 0.391 e. The van der Waals surface area contributed by atoms with Crippen LogP contribution in [-0.4, -0.2) is 41.5 Å². The SMILES string of the molecule is [2H]C(=CC[C@@H](C)C(O)[C@H]1C(=O)CCCCCCCCCCN1C)C([2H])([2H])[2H]. The maximum Gasteiger partial charge on any atom is 0.152 e. The van der Waals surface area contributed by atoms with Gasteiger partial charge >= 0.3 is 0 Å². The Kier molecular flexibility index (Phi) is 7.52. The number of likely N-dealkylation sites (N-methyl/N-ethyl adjacent to an activating group) is 1. The van der Waals surface area contributed by atoms with Crippen LogP contribution in [0.15, 0.2) is 12.1 Å². The van der Waals surface area contributed by atoms with Gasteiger partial charge in [0.25, 0.3) is 0 Å². The number of rotatable bonds is 4. The number of carbonyl (C=O) groups excluding carboxylic acids is 1. The van der Waals surface area contributed by atoms with Gasteiger partial charge in [-0.15, -0.1) is 0 Å². The van der Waals surface area contributed by atoms with Crippen molar-refractivity contribution in [1.29, 1.82) is 0 Å². The first-order valence-corrected chi connectivity index (χ1v) is 9.23. The molecule has 1 heterocycles. The lowest BCUT2D eigenvalue weighted by Crippen LogP contribution is -2.49. The third-order valence-corrected chi connectivity index (χ3v) is 4.99. The van der Waals surface area contributed by atoms with Gasteiger partial charge in [-0.3, -0.25) is 9.69 Å². The Bertz CT molecular complexity index is 479. The van der Waals surface area contributed by atoms with Gasteiger partial charge in [0.2, 0.25) is 0 Å². The first-order valence-electron chi connectivity index (χ1n) is 11.2. The zero-order valence-corrected chi connectivity index (χ0v) is 14.9. The summed E-state index contributed by atoms with van der Waals surface area (Å²) in [6.07, 6.45) is 10.2. The van der Waals surface area contributed by atoms with Gasteiger partial charge in [0.1, 0.15) is 0 Å². The van der Waals surface area contributed by atoms with Crippen LogP contribution in [0.3, 0.4) is 0 Å². The number of hydrogen-bond acceptors (Lipinski definition) is 3. The highest BCUT2D eigenvalue weighted by molar-refractivity contribution is 5.84. The molecule has 134 valence electrons. The lowest BCUT2D eigenvalue weighted by atomic mass is 9.89. The normalized spacial score (nSPS) is 29.8. The number of carbonyl (C=O) groups is 1. The van der Waals surface area contributed by atoms with Crippen molar-refractivity contribution in [2.75, 3.05) is 13.6 Å². The summed E-state index contributed by atoms with van der Waals surface area (Å²) in [7, 11) is 1.90. The molecule has 1 fully saturated rings. The van der Waals surface area contributed by atoms with Crippen LogP contribution in [0.25, 0.3) is 0 Å². The Morgan fingerprint density at radius 2 is 1.87 bits per heavy atom. The standard InChI is InChI=1S/C20H37NO2/c1-4-5-14-17(2)20(23)19-18(22)15-12-10-8-6-7-9-11-13-16-21(19)3/h4-5,17,19-20,23H,6-16H2,1-3H3/t17-,19-,20?/m1/s1/i1D3,4D. The summed E-state index contributed by atoms with van der Waals surface area (Å²) in [5.74, 6) is -0.221. The molecule has 3 atom stereocenters. The fourth-order valence-electron chi connectivity index (χ4n) is 3.40. The molecule has 0 aromatic rings. The van der Waals surface area contributed by atoms with Crippen LogP contribution in [0, 0.1) is 5.92 Å². The number of allylic oxidation sites excluding steroid dienone is 2. The molecule has 0 spiro atoms. The molecule has 1 rings (SSSR count). The molecular formula is C20H37NO2. The second-order valence-electron chi connectivity index (χ2n) is 7.02. The van der Waals surface area contributed by atoms with Crippen molar-refractivity contribution >= 4 is 5.78 Å². The molecule has 0 aliphatic carbocycles. The van der Waals surface area contributed by atoms with E-state index in [1.165, 1.54) is 31.8 Å². The fourth-order valence-corrected chi connectivity index (χ4v) is 3.40. The maximum atomic E-state index is 12.8. The number of hydrogen-bond donors (Lipinski definition) is 1. The smallest absolute Gasteiger partial charge is 0.152 e. The lowest BCUT2D eigenvalue weighted by Gasteiger charge is -2.33. The molecule has 1 N–H and O–H groups in total. The van der Waals surface area contributed by atoms with Gasteiger partial charge in [-0.05, 0) is 45.6 Å². The van der Waals surface area contributed by atoms with E-state index in [1.54, 1.807) is 0 Å². The van der Waals surface area contributed by atoms with Crippen molar-refractivity contribution in [3.63, 3.8) is 0 Å². The molecule has 1 saturated heterocycles. The molecule has 23 heavy (non-hydrogen) atoms. The Morgan fingerprint density at radius 1 is 1.26 bits per heavy atom. The molecule has 0 saturated carbocycles. The zero-order chi connectivity index (χ0) is 20.4. The molecule has 1 aliphatic heterocycles. The van der Waals surface area contributed by atoms with E-state index < -0.39 is 25.0 Å². The summed E-state index contributed by atoms with van der Waals surface area (Å²) < 4.78 is 29.4. The third kappa shape index (κ3) is 7.63. The van der Waals surface area contributed by atoms with Crippen LogP contribution in [0.4, 0.5) is 0 Å². The van der Waals surface area contributed by atoms with Crippen molar-refractivity contribution in [3.05, 3.63) is 12.1 Å². The zero-order valence-electron chi connectivity index (χ0n) is 18.9. The average Bonchev–Trinajstić information content (AvgIpc) is 2.60. The Morgan fingerprint density at radius 3 is 2.52 bits per heavy atom. The predicted molar refractivity (Wildman–Crippen MR) is 97.6 cm³/mol. The van der Waals surface area contributed by atoms with Crippen molar-refractivity contribution in [2.24, 2.45) is 5.92 Å². The number of nitrogens with zero attached hydrogens (tertiary/aromatic N) is 1. The summed E-state index contributed by atoms with van der Waals surface area (Å²) >= 11 is 0. The minimum Gasteiger partial charge on any atom is -0.391 e. The summed E-state index contributed by atoms with van der Waals surface area (Å²) in [6.45, 7) is 0.161. The second kappa shape index (κ2) is 11.8. The van der Waals surface area contributed by atoms with Crippen LogP contribution in [0.2, 0.25) is 0 Å². The Labute approximate surface area is 148 Å². The molecule has 1 aliphatic rings. The van der Waals surface area contributed by atoms with Gasteiger partial charge in [-0.25, -0.2) is 0 Å². The molecule has 0 bridgehead atoms. The monoisotopic (exact) mass is 327 g/mol. The first-order chi connectivity index (χ1) is 12.6. The van der Waals surface area contributed by atoms with Gasteiger partial charge < -0.3 is 5.11 Å². The highest BCUT2D eigenvalue weighted by Gasteiger charge is 2.32. The van der Waals surface area contributed by atoms with Gasteiger partial charge in [0.15, 0.2) is 5.78 Å². The molecular weight excluding hydrogens is 286 g/mol. The number of aliphatic hydroxyl groups excluding tert-OH is 1. The first kappa shape index (κ1) is 14.7. The van der Waals surface area contributed by atoms with E-state index in [0.717, 1.165) is 32.2 Å². The number of aliphatic hydroxyl groups is 1. The lowest BCUT2D eigenvalue weighted by molar-refractivity contribution is -0.129. The minimum atomic E-state index is -2.43. The fraction of sp³-hybridized carbons (Fsp3) is 0.850. The summed E-state index contributed by atoms with van der Waals surface area (Å²) in [5, 5.41) is 10.9. The van der Waals surface area contributed by atoms with Gasteiger partial charge in [0.05, 0.1) is 13.5 Å². The number of ketones is 1. The summed E-state index contributed by atoms with van der Waals surface area (Å²) in [5.41, 5.74) is 0. The van der Waals surface area contributed by atoms with E-state index in [1.807, 2.05) is 18.9 Å². The van der Waals surface area contributed by atoms with Crippen molar-refractivity contribution in [2.45, 2.75) is 90.1 Å². The molecule has 0 aromatic heterocycles. The van der Waals surface area contributed by atoms with E-state index in [9.17, 15) is 9.90 Å². The van der Waals surface area contributed by atoms with E-state index in [-0.39, 0.29) is 18.1 Å². The summed E-state index contributed by atoms with van der Waals surface area (Å²) in [6, 6.07) is -0.965. The van der Waals surface area contributed by atoms with E-state index in [2.05, 4.69) is 0 Å². The second-order valence-corrected chi connectivity index (χ2v) is 7.02. The Balaban J connectivity index is 2.81. The molecule has 3 heteroatoms. The summed E-state index contributed by atoms with van der Waals surface area (Å²) in [4.78, 5) is 14.8. The third-order valence-electron chi connectivity index (χ3n) is 4.99. The van der Waals surface area contributed by atoms with E-state index in [0.29, 0.717) is 6.42 Å². The minimum absolute atomic E-state index is 0.0713. The van der Waals surface area contributed by atoms with Crippen molar-refractivity contribution in [3.8, 4) is 0 Å². The average molecular weight is 328 g/mol. The molecule has 0 radical (unpaired) electrons. The van der Waals surface area contributed by atoms with Gasteiger partial charge in [-0.2, -0.15) is 0 Å². The van der Waals surface area contributed by atoms with E-state index >= 15 is 0 Å². The highest BCUT2D eigenvalue weighted by Crippen LogP contribution is 2.21. The topological polar surface area (TPSA) is 40.5 Å². The highest BCUT2D eigenvalue weighted by atomic mass is 16.3. The van der Waals surface area contributed by atoms with Crippen LogP contribution in [0.5, 0.6) is 0 Å². The predicted octanol–water partition coefficient (Wildman–Crippen LogP) is 4.34. The van der Waals surface area contributed by atoms with Gasteiger partial charge in [0, 0.05) is 10.5 Å². The van der Waals surface area contributed by atoms with Crippen molar-refractivity contribution < 1.29 is 15.4 Å². The van der Waals surface area contributed by atoms with Crippen molar-refractivity contribution in [1.82, 2.24) is 4.90 Å². The molecule has 1 unspecified atom stereocenters. The van der Waals surface area contributed by atoms with Crippen LogP contribution >= 0.6 is 0 Å². The maximum absolute atomic E-state index is 12.8. The van der Waals surface area contributed by atoms with Crippen LogP contribution in [0.1, 0.15) is 83.5 Å². The molecule has 0 aromatic carbocycles. The molecule has 3 nitrogen and oxygen atoms in total. The Hall–Kier alpha value is -0.670. The van der Waals surface area contributed by atoms with Crippen LogP contribution in [-0.2, 0) is 4.79 Å². The quantitative estimate of drug-likeness (QED) is 0.781. The van der Waals surface area contributed by atoms with Gasteiger partial charge in [-0.1, -0.05) is 57.6 Å². The number of Topliss-reactive ketones (excluding diaryl/α,β-unsaturated/α-hetero) is 1.